The molecule has 1 aromatic heterocycles. The van der Waals surface area contributed by atoms with Gasteiger partial charge in [0.1, 0.15) is 12.4 Å². The van der Waals surface area contributed by atoms with Crippen molar-refractivity contribution in [3.8, 4) is 0 Å². The van der Waals surface area contributed by atoms with Crippen LogP contribution in [0.4, 0.5) is 17.3 Å². The normalized spacial score (nSPS) is 18.9. The number of anilines is 2. The molecule has 0 spiro atoms. The zero-order valence-electron chi connectivity index (χ0n) is 10.2. The van der Waals surface area contributed by atoms with E-state index in [9.17, 15) is 14.9 Å². The smallest absolute Gasteiger partial charge is 0.353 e. The number of nitrogens with two attached hydrogens (primary N) is 1. The van der Waals surface area contributed by atoms with Crippen LogP contribution in [0.3, 0.4) is 0 Å². The van der Waals surface area contributed by atoms with Gasteiger partial charge in [-0.15, -0.1) is 0 Å². The van der Waals surface area contributed by atoms with Gasteiger partial charge in [-0.3, -0.25) is 14.9 Å². The fourth-order valence-corrected chi connectivity index (χ4v) is 1.93. The van der Waals surface area contributed by atoms with Gasteiger partial charge >= 0.3 is 5.69 Å². The second-order valence-corrected chi connectivity index (χ2v) is 3.96. The van der Waals surface area contributed by atoms with Crippen molar-refractivity contribution in [3.63, 3.8) is 0 Å². The Morgan fingerprint density at radius 3 is 3.00 bits per heavy atom. The largest absolute Gasteiger partial charge is 0.354 e. The Morgan fingerprint density at radius 2 is 2.37 bits per heavy atom. The first-order valence-electron chi connectivity index (χ1n) is 5.56. The molecule has 10 heteroatoms. The topological polar surface area (TPSA) is 139 Å². The fraction of sp³-hybridized carbons (Fsp3) is 0.444. The molecule has 1 amide bonds. The van der Waals surface area contributed by atoms with Gasteiger partial charge in [0.05, 0.1) is 4.92 Å². The Labute approximate surface area is 108 Å². The lowest BCUT2D eigenvalue weighted by Gasteiger charge is -2.33. The Bertz CT molecular complexity index is 521. The second kappa shape index (κ2) is 5.02. The maximum absolute atomic E-state index is 11.6. The predicted molar refractivity (Wildman–Crippen MR) is 66.3 cm³/mol. The Hall–Kier alpha value is -2.49. The molecule has 10 nitrogen and oxygen atoms in total. The summed E-state index contributed by atoms with van der Waals surface area (Å²) in [6, 6.07) is -0.548. The monoisotopic (exact) mass is 267 g/mol. The van der Waals surface area contributed by atoms with Gasteiger partial charge in [0, 0.05) is 13.1 Å². The number of piperazine rings is 1. The van der Waals surface area contributed by atoms with Crippen LogP contribution < -0.4 is 21.5 Å². The van der Waals surface area contributed by atoms with E-state index in [2.05, 4.69) is 20.7 Å². The van der Waals surface area contributed by atoms with Crippen LogP contribution in [0.1, 0.15) is 6.92 Å². The van der Waals surface area contributed by atoms with Gasteiger partial charge in [-0.05, 0) is 6.92 Å². The first kappa shape index (κ1) is 13.0. The van der Waals surface area contributed by atoms with Gasteiger partial charge in [0.2, 0.25) is 17.5 Å². The minimum Gasteiger partial charge on any atom is -0.353 e. The summed E-state index contributed by atoms with van der Waals surface area (Å²) in [7, 11) is 0. The lowest BCUT2D eigenvalue weighted by molar-refractivity contribution is -0.383. The highest BCUT2D eigenvalue weighted by atomic mass is 16.6. The van der Waals surface area contributed by atoms with Crippen molar-refractivity contribution in [3.05, 3.63) is 16.4 Å². The highest BCUT2D eigenvalue weighted by Crippen LogP contribution is 2.32. The first-order chi connectivity index (χ1) is 9.06. The Kier molecular flexibility index (Phi) is 3.42. The first-order valence-corrected chi connectivity index (χ1v) is 5.56. The highest BCUT2D eigenvalue weighted by Gasteiger charge is 2.33. The van der Waals surface area contributed by atoms with Crippen LogP contribution in [0.5, 0.6) is 0 Å². The summed E-state index contributed by atoms with van der Waals surface area (Å²) >= 11 is 0. The third kappa shape index (κ3) is 2.25. The summed E-state index contributed by atoms with van der Waals surface area (Å²) < 4.78 is 0. The summed E-state index contributed by atoms with van der Waals surface area (Å²) in [5, 5.41) is 13.8. The van der Waals surface area contributed by atoms with Crippen LogP contribution in [0.2, 0.25) is 0 Å². The summed E-state index contributed by atoms with van der Waals surface area (Å²) in [6.45, 7) is 2.47. The van der Waals surface area contributed by atoms with E-state index in [1.165, 1.54) is 0 Å². The van der Waals surface area contributed by atoms with E-state index in [0.29, 0.717) is 13.1 Å². The summed E-state index contributed by atoms with van der Waals surface area (Å²) in [5.74, 6) is 4.99. The number of nitrogen functional groups attached to an aromatic ring is 1. The Balaban J connectivity index is 2.49. The van der Waals surface area contributed by atoms with Crippen molar-refractivity contribution < 1.29 is 9.72 Å². The average molecular weight is 267 g/mol. The molecule has 0 aromatic carbocycles. The van der Waals surface area contributed by atoms with E-state index in [-0.39, 0.29) is 23.2 Å². The van der Waals surface area contributed by atoms with Gasteiger partial charge in [0.15, 0.2) is 0 Å². The number of carbonyl (C=O) groups is 1. The lowest BCUT2D eigenvalue weighted by Crippen LogP contribution is -2.54. The molecule has 19 heavy (non-hydrogen) atoms. The number of carbonyl (C=O) groups excluding carboxylic acids is 1. The SMILES string of the molecule is CC1C(=O)NCCN1c1ncnc(NN)c1[N+](=O)[O-]. The molecule has 2 heterocycles. The van der Waals surface area contributed by atoms with Crippen LogP contribution in [0.25, 0.3) is 0 Å². The molecule has 1 fully saturated rings. The molecule has 1 aliphatic heterocycles. The molecule has 0 bridgehead atoms. The van der Waals surface area contributed by atoms with Crippen LogP contribution in [0, 0.1) is 10.1 Å². The van der Waals surface area contributed by atoms with Crippen LogP contribution in [-0.4, -0.2) is 39.9 Å². The van der Waals surface area contributed by atoms with Gasteiger partial charge in [-0.1, -0.05) is 0 Å². The van der Waals surface area contributed by atoms with Crippen LogP contribution in [0.15, 0.2) is 6.33 Å². The van der Waals surface area contributed by atoms with E-state index in [4.69, 9.17) is 5.84 Å². The molecule has 1 aromatic rings. The van der Waals surface area contributed by atoms with Crippen molar-refractivity contribution in [1.29, 1.82) is 0 Å². The third-order valence-corrected chi connectivity index (χ3v) is 2.89. The van der Waals surface area contributed by atoms with E-state index in [1.807, 2.05) is 0 Å². The Morgan fingerprint density at radius 1 is 1.63 bits per heavy atom. The number of hydrogen-bond donors (Lipinski definition) is 3. The minimum atomic E-state index is -0.621. The molecule has 102 valence electrons. The number of aromatic nitrogens is 2. The minimum absolute atomic E-state index is 0.0790. The van der Waals surface area contributed by atoms with Gasteiger partial charge in [0.25, 0.3) is 0 Å². The number of rotatable bonds is 3. The van der Waals surface area contributed by atoms with Gasteiger partial charge in [-0.2, -0.15) is 0 Å². The molecule has 4 N–H and O–H groups in total. The number of hydrogen-bond acceptors (Lipinski definition) is 8. The number of nitrogens with one attached hydrogen (secondary N) is 2. The van der Waals surface area contributed by atoms with Gasteiger partial charge in [-0.25, -0.2) is 15.8 Å². The molecular formula is C9H13N7O3. The van der Waals surface area contributed by atoms with Crippen molar-refractivity contribution in [2.75, 3.05) is 23.4 Å². The van der Waals surface area contributed by atoms with Crippen molar-refractivity contribution in [1.82, 2.24) is 15.3 Å². The van der Waals surface area contributed by atoms with Crippen molar-refractivity contribution in [2.45, 2.75) is 13.0 Å². The molecule has 1 atom stereocenters. The van der Waals surface area contributed by atoms with E-state index in [1.54, 1.807) is 11.8 Å². The third-order valence-electron chi connectivity index (χ3n) is 2.89. The van der Waals surface area contributed by atoms with Crippen molar-refractivity contribution in [2.24, 2.45) is 5.84 Å². The van der Waals surface area contributed by atoms with Gasteiger partial charge < -0.3 is 15.6 Å². The molecule has 1 saturated heterocycles. The molecule has 2 rings (SSSR count). The van der Waals surface area contributed by atoms with E-state index < -0.39 is 11.0 Å². The predicted octanol–water partition coefficient (Wildman–Crippen LogP) is -1.00. The highest BCUT2D eigenvalue weighted by molar-refractivity contribution is 5.87. The summed E-state index contributed by atoms with van der Waals surface area (Å²) in [4.78, 5) is 31.3. The molecule has 0 aliphatic carbocycles. The van der Waals surface area contributed by atoms with E-state index >= 15 is 0 Å². The summed E-state index contributed by atoms with van der Waals surface area (Å²) in [5.41, 5.74) is 1.82. The molecule has 1 unspecified atom stereocenters. The van der Waals surface area contributed by atoms with E-state index in [0.717, 1.165) is 6.33 Å². The van der Waals surface area contributed by atoms with Crippen molar-refractivity contribution >= 4 is 23.2 Å². The maximum atomic E-state index is 11.6. The number of hydrazine groups is 1. The maximum Gasteiger partial charge on any atom is 0.354 e. The zero-order valence-corrected chi connectivity index (χ0v) is 10.2. The van der Waals surface area contributed by atoms with Crippen LogP contribution in [-0.2, 0) is 4.79 Å². The quantitative estimate of drug-likeness (QED) is 0.360. The summed E-state index contributed by atoms with van der Waals surface area (Å²) in [6.07, 6.45) is 1.16. The number of nitro groups is 1. The molecule has 1 aliphatic rings. The molecular weight excluding hydrogens is 254 g/mol. The number of nitrogens with zero attached hydrogens (tertiary/aromatic N) is 4. The number of amides is 1. The average Bonchev–Trinajstić information content (AvgIpc) is 2.40. The van der Waals surface area contributed by atoms with Crippen LogP contribution >= 0.6 is 0 Å². The zero-order chi connectivity index (χ0) is 14.0. The lowest BCUT2D eigenvalue weighted by atomic mass is 10.2. The fourth-order valence-electron chi connectivity index (χ4n) is 1.93. The molecule has 0 radical (unpaired) electrons. The second-order valence-electron chi connectivity index (χ2n) is 3.96. The molecule has 0 saturated carbocycles. The standard InChI is InChI=1S/C9H13N7O3/c1-5-9(17)11-2-3-15(5)8-6(16(18)19)7(14-10)12-4-13-8/h4-5H,2-3,10H2,1H3,(H,11,17)(H,12,13,14).